The average Bonchev–Trinajstić information content (AvgIpc) is 2.53. The molecule has 1 aliphatic rings. The summed E-state index contributed by atoms with van der Waals surface area (Å²) in [5.41, 5.74) is 5.01. The molecule has 1 aliphatic heterocycles. The fourth-order valence-corrected chi connectivity index (χ4v) is 4.61. The zero-order valence-electron chi connectivity index (χ0n) is 15.4. The maximum absolute atomic E-state index is 13.2. The van der Waals surface area contributed by atoms with Crippen LogP contribution in [0.3, 0.4) is 0 Å². The number of allylic oxidation sites excluding steroid dienone is 1. The summed E-state index contributed by atoms with van der Waals surface area (Å²) in [4.78, 5) is 15.8. The highest BCUT2D eigenvalue weighted by Gasteiger charge is 2.40. The van der Waals surface area contributed by atoms with E-state index in [0.717, 1.165) is 0 Å². The van der Waals surface area contributed by atoms with E-state index in [2.05, 4.69) is 4.98 Å². The highest BCUT2D eigenvalue weighted by molar-refractivity contribution is 7.58. The Morgan fingerprint density at radius 1 is 1.38 bits per heavy atom. The van der Waals surface area contributed by atoms with Crippen LogP contribution in [-0.2, 0) is 18.3 Å². The first-order valence-electron chi connectivity index (χ1n) is 8.46. The highest BCUT2D eigenvalue weighted by Crippen LogP contribution is 2.60. The molecule has 9 nitrogen and oxygen atoms in total. The van der Waals surface area contributed by atoms with Crippen molar-refractivity contribution >= 4 is 13.4 Å². The van der Waals surface area contributed by atoms with Crippen LogP contribution in [0.1, 0.15) is 40.2 Å². The highest BCUT2D eigenvalue weighted by atomic mass is 31.2. The van der Waals surface area contributed by atoms with Gasteiger partial charge in [-0.15, -0.1) is 0 Å². The van der Waals surface area contributed by atoms with Crippen molar-refractivity contribution in [2.75, 3.05) is 12.3 Å². The average molecular weight is 387 g/mol. The number of ether oxygens (including phenoxy) is 1. The van der Waals surface area contributed by atoms with Gasteiger partial charge in [0.05, 0.1) is 24.9 Å². The summed E-state index contributed by atoms with van der Waals surface area (Å²) < 4.78 is 31.3. The van der Waals surface area contributed by atoms with E-state index >= 15 is 0 Å². The van der Waals surface area contributed by atoms with Gasteiger partial charge in [-0.1, -0.05) is 0 Å². The topological polar surface area (TPSA) is 126 Å². The number of aliphatic hydroxyl groups is 1. The molecule has 146 valence electrons. The largest absolute Gasteiger partial charge is 0.478 e. The second-order valence-corrected chi connectivity index (χ2v) is 8.39. The minimum atomic E-state index is -3.69. The van der Waals surface area contributed by atoms with E-state index in [1.807, 2.05) is 0 Å². The molecule has 2 atom stereocenters. The predicted molar refractivity (Wildman–Crippen MR) is 96.7 cm³/mol. The first-order valence-corrected chi connectivity index (χ1v) is 10.00. The Morgan fingerprint density at radius 3 is 2.50 bits per heavy atom. The third kappa shape index (κ3) is 4.73. The SMILES string of the molecule is CC(C)OP(=O)(OC(C)C)C1=CC[C@H](n2ccc(N)nc2=O)[C@H](CO)O1. The molecule has 0 amide bonds. The van der Waals surface area contributed by atoms with Crippen molar-refractivity contribution in [2.24, 2.45) is 0 Å². The zero-order chi connectivity index (χ0) is 19.5. The first-order chi connectivity index (χ1) is 12.2. The summed E-state index contributed by atoms with van der Waals surface area (Å²) >= 11 is 0. The molecule has 0 aromatic carbocycles. The van der Waals surface area contributed by atoms with Gasteiger partial charge in [-0.2, -0.15) is 4.98 Å². The predicted octanol–water partition coefficient (Wildman–Crippen LogP) is 2.03. The lowest BCUT2D eigenvalue weighted by atomic mass is 10.1. The second kappa shape index (κ2) is 8.35. The van der Waals surface area contributed by atoms with Gasteiger partial charge in [-0.05, 0) is 46.3 Å². The van der Waals surface area contributed by atoms with Gasteiger partial charge in [-0.25, -0.2) is 4.79 Å². The third-order valence-corrected chi connectivity index (χ3v) is 5.82. The van der Waals surface area contributed by atoms with Crippen LogP contribution < -0.4 is 11.4 Å². The molecule has 1 aromatic heterocycles. The van der Waals surface area contributed by atoms with E-state index in [9.17, 15) is 14.5 Å². The van der Waals surface area contributed by atoms with Crippen LogP contribution in [0.25, 0.3) is 0 Å². The smallest absolute Gasteiger partial charge is 0.395 e. The van der Waals surface area contributed by atoms with Gasteiger partial charge in [-0.3, -0.25) is 9.13 Å². The molecule has 2 rings (SSSR count). The monoisotopic (exact) mass is 387 g/mol. The number of rotatable bonds is 7. The summed E-state index contributed by atoms with van der Waals surface area (Å²) in [7, 11) is -3.69. The van der Waals surface area contributed by atoms with Crippen molar-refractivity contribution in [3.8, 4) is 0 Å². The van der Waals surface area contributed by atoms with E-state index in [1.54, 1.807) is 33.8 Å². The number of aliphatic hydroxyl groups excluding tert-OH is 1. The lowest BCUT2D eigenvalue weighted by molar-refractivity contribution is 0.00993. The number of hydrogen-bond donors (Lipinski definition) is 2. The Labute approximate surface area is 152 Å². The maximum Gasteiger partial charge on any atom is 0.395 e. The van der Waals surface area contributed by atoms with Crippen molar-refractivity contribution in [1.82, 2.24) is 9.55 Å². The van der Waals surface area contributed by atoms with Crippen LogP contribution in [0, 0.1) is 0 Å². The Hall–Kier alpha value is -1.67. The Balaban J connectivity index is 2.35. The third-order valence-electron chi connectivity index (χ3n) is 3.59. The first kappa shape index (κ1) is 20.6. The molecule has 0 radical (unpaired) electrons. The quantitative estimate of drug-likeness (QED) is 0.681. The second-order valence-electron chi connectivity index (χ2n) is 6.53. The molecule has 0 spiro atoms. The molecule has 0 saturated carbocycles. The molecule has 0 aliphatic carbocycles. The van der Waals surface area contributed by atoms with Crippen LogP contribution in [-0.4, -0.2) is 39.6 Å². The molecule has 0 fully saturated rings. The lowest BCUT2D eigenvalue weighted by Gasteiger charge is -2.34. The fourth-order valence-electron chi connectivity index (χ4n) is 2.65. The molecule has 10 heteroatoms. The van der Waals surface area contributed by atoms with Gasteiger partial charge < -0.3 is 24.6 Å². The van der Waals surface area contributed by atoms with Crippen molar-refractivity contribution in [3.63, 3.8) is 0 Å². The number of nitrogen functional groups attached to an aromatic ring is 1. The Bertz CT molecular complexity index is 747. The van der Waals surface area contributed by atoms with Crippen molar-refractivity contribution in [1.29, 1.82) is 0 Å². The van der Waals surface area contributed by atoms with Gasteiger partial charge in [0, 0.05) is 6.20 Å². The van der Waals surface area contributed by atoms with E-state index in [0.29, 0.717) is 6.42 Å². The molecule has 1 aromatic rings. The van der Waals surface area contributed by atoms with E-state index in [4.69, 9.17) is 19.5 Å². The lowest BCUT2D eigenvalue weighted by Crippen LogP contribution is -2.38. The molecule has 3 N–H and O–H groups in total. The van der Waals surface area contributed by atoms with Crippen LogP contribution in [0.2, 0.25) is 0 Å². The maximum atomic E-state index is 13.2. The van der Waals surface area contributed by atoms with Gasteiger partial charge in [0.25, 0.3) is 0 Å². The van der Waals surface area contributed by atoms with E-state index < -0.39 is 25.4 Å². The number of hydrogen-bond acceptors (Lipinski definition) is 8. The van der Waals surface area contributed by atoms with Gasteiger partial charge in [0.15, 0.2) is 0 Å². The summed E-state index contributed by atoms with van der Waals surface area (Å²) in [6.45, 7) is 6.58. The minimum absolute atomic E-state index is 0.0478. The molecule has 0 bridgehead atoms. The van der Waals surface area contributed by atoms with Crippen LogP contribution >= 0.6 is 7.60 Å². The number of anilines is 1. The number of aromatic nitrogens is 2. The van der Waals surface area contributed by atoms with Crippen molar-refractivity contribution < 1.29 is 23.5 Å². The summed E-state index contributed by atoms with van der Waals surface area (Å²) in [6, 6.07) is 0.972. The summed E-state index contributed by atoms with van der Waals surface area (Å²) in [6.07, 6.45) is 1.86. The molecule has 0 saturated heterocycles. The number of nitrogens with zero attached hydrogens (tertiary/aromatic N) is 2. The van der Waals surface area contributed by atoms with E-state index in [1.165, 1.54) is 16.8 Å². The van der Waals surface area contributed by atoms with E-state index in [-0.39, 0.29) is 30.1 Å². The summed E-state index contributed by atoms with van der Waals surface area (Å²) in [5.74, 6) is 0.111. The molecule has 2 heterocycles. The molecular formula is C16H26N3O6P. The summed E-state index contributed by atoms with van der Waals surface area (Å²) in [5, 5.41) is 9.73. The Morgan fingerprint density at radius 2 is 2.00 bits per heavy atom. The minimum Gasteiger partial charge on any atom is -0.478 e. The van der Waals surface area contributed by atoms with Crippen LogP contribution in [0.4, 0.5) is 5.82 Å². The molecular weight excluding hydrogens is 361 g/mol. The molecule has 0 unspecified atom stereocenters. The van der Waals surface area contributed by atoms with Crippen molar-refractivity contribution in [3.05, 3.63) is 34.3 Å². The van der Waals surface area contributed by atoms with Crippen LogP contribution in [0.15, 0.2) is 28.6 Å². The Kier molecular flexibility index (Phi) is 6.63. The van der Waals surface area contributed by atoms with Gasteiger partial charge in [0.1, 0.15) is 11.9 Å². The molecule has 26 heavy (non-hydrogen) atoms. The van der Waals surface area contributed by atoms with Crippen LogP contribution in [0.5, 0.6) is 0 Å². The van der Waals surface area contributed by atoms with Gasteiger partial charge >= 0.3 is 13.3 Å². The van der Waals surface area contributed by atoms with Gasteiger partial charge in [0.2, 0.25) is 5.50 Å². The zero-order valence-corrected chi connectivity index (χ0v) is 16.3. The number of nitrogens with two attached hydrogens (primary N) is 1. The van der Waals surface area contributed by atoms with Crippen molar-refractivity contribution in [2.45, 2.75) is 58.5 Å². The normalized spacial score (nSPS) is 21.0. The fraction of sp³-hybridized carbons (Fsp3) is 0.625. The standard InChI is InChI=1S/C16H26N3O6P/c1-10(2)24-26(22,25-11(3)4)15-6-5-12(13(9-20)23-15)19-8-7-14(17)18-16(19)21/h6-8,10-13,20H,5,9H2,1-4H3,(H2,17,18,21)/t12-,13-/m0/s1.